The molecule has 1 atom stereocenters. The average molecular weight is 248 g/mol. The van der Waals surface area contributed by atoms with E-state index in [-0.39, 0.29) is 19.6 Å². The maximum Gasteiger partial charge on any atom is 0.394 e. The van der Waals surface area contributed by atoms with Gasteiger partial charge in [-0.05, 0) is 6.42 Å². The molecule has 0 heterocycles. The number of carbonyl (C=O) groups is 2. The van der Waals surface area contributed by atoms with Crippen LogP contribution >= 0.6 is 0 Å². The van der Waals surface area contributed by atoms with Crippen molar-refractivity contribution in [2.45, 2.75) is 38.8 Å². The molecule has 0 spiro atoms. The first-order valence-electron chi connectivity index (χ1n) is 5.57. The average Bonchev–Trinajstić information content (AvgIpc) is 2.33. The topological polar surface area (TPSA) is 111 Å². The van der Waals surface area contributed by atoms with Crippen molar-refractivity contribution in [1.29, 1.82) is 0 Å². The lowest BCUT2D eigenvalue weighted by Crippen LogP contribution is -2.56. The molecule has 1 unspecified atom stereocenters. The van der Waals surface area contributed by atoms with Gasteiger partial charge in [0.2, 0.25) is 11.6 Å². The van der Waals surface area contributed by atoms with Crippen molar-refractivity contribution >= 4 is 11.9 Å². The molecule has 4 N–H and O–H groups in total. The van der Waals surface area contributed by atoms with Crippen LogP contribution in [0.4, 0.5) is 0 Å². The quantitative estimate of drug-likeness (QED) is 0.230. The van der Waals surface area contributed by atoms with Gasteiger partial charge in [-0.1, -0.05) is 20.3 Å². The van der Waals surface area contributed by atoms with E-state index >= 15 is 0 Å². The normalized spacial score (nSPS) is 13.9. The van der Waals surface area contributed by atoms with E-state index in [1.165, 1.54) is 6.92 Å². The van der Waals surface area contributed by atoms with Crippen molar-refractivity contribution < 1.29 is 24.5 Å². The van der Waals surface area contributed by atoms with Crippen LogP contribution in [0.15, 0.2) is 0 Å². The van der Waals surface area contributed by atoms with E-state index in [0.717, 1.165) is 12.8 Å². The molecule has 100 valence electrons. The lowest BCUT2D eigenvalue weighted by atomic mass is 10.1. The lowest BCUT2D eigenvalue weighted by molar-refractivity contribution is -0.287. The Bertz CT molecular complexity index is 259. The van der Waals surface area contributed by atoms with E-state index in [2.05, 4.69) is 15.1 Å². The molecular formula is C10H20N2O5. The third kappa shape index (κ3) is 5.62. The first-order chi connectivity index (χ1) is 8.00. The summed E-state index contributed by atoms with van der Waals surface area (Å²) in [4.78, 5) is 31.5. The highest BCUT2D eigenvalue weighted by Crippen LogP contribution is 2.08. The summed E-state index contributed by atoms with van der Waals surface area (Å²) in [6, 6.07) is 0. The number of unbranched alkanes of at least 4 members (excludes halogenated alkanes) is 1. The van der Waals surface area contributed by atoms with E-state index in [9.17, 15) is 14.7 Å². The molecule has 0 radical (unpaired) electrons. The molecule has 0 fully saturated rings. The van der Waals surface area contributed by atoms with Crippen molar-refractivity contribution in [3.8, 4) is 0 Å². The summed E-state index contributed by atoms with van der Waals surface area (Å²) in [5, 5.41) is 11.9. The number of hydrogen-bond acceptors (Lipinski definition) is 6. The van der Waals surface area contributed by atoms with Gasteiger partial charge in [-0.2, -0.15) is 4.89 Å². The van der Waals surface area contributed by atoms with Crippen LogP contribution in [0.3, 0.4) is 0 Å². The minimum absolute atomic E-state index is 0.0469. The molecule has 0 aliphatic carbocycles. The van der Waals surface area contributed by atoms with E-state index in [1.807, 2.05) is 6.92 Å². The molecule has 7 nitrogen and oxygen atoms in total. The maximum atomic E-state index is 11.5. The van der Waals surface area contributed by atoms with E-state index in [1.54, 1.807) is 0 Å². The number of carbonyl (C=O) groups excluding carboxylic acids is 2. The van der Waals surface area contributed by atoms with Crippen LogP contribution in [-0.4, -0.2) is 35.9 Å². The first-order valence-corrected chi connectivity index (χ1v) is 5.57. The summed E-state index contributed by atoms with van der Waals surface area (Å²) in [7, 11) is 0. The van der Waals surface area contributed by atoms with E-state index in [0.29, 0.717) is 0 Å². The van der Waals surface area contributed by atoms with E-state index < -0.39 is 17.6 Å². The predicted octanol–water partition coefficient (Wildman–Crippen LogP) is -0.565. The summed E-state index contributed by atoms with van der Waals surface area (Å²) in [5.41, 5.74) is 2.97. The molecule has 0 aromatic rings. The Kier molecular flexibility index (Phi) is 7.44. The summed E-state index contributed by atoms with van der Waals surface area (Å²) in [6.07, 6.45) is 1.57. The summed E-state index contributed by atoms with van der Waals surface area (Å²) < 4.78 is 0. The van der Waals surface area contributed by atoms with Gasteiger partial charge >= 0.3 is 5.97 Å². The predicted molar refractivity (Wildman–Crippen MR) is 59.4 cm³/mol. The van der Waals surface area contributed by atoms with Crippen molar-refractivity contribution in [1.82, 2.24) is 5.32 Å². The van der Waals surface area contributed by atoms with Crippen LogP contribution in [0.5, 0.6) is 0 Å². The molecule has 0 aliphatic rings. The van der Waals surface area contributed by atoms with Crippen LogP contribution < -0.4 is 11.1 Å². The second-order valence-corrected chi connectivity index (χ2v) is 3.51. The van der Waals surface area contributed by atoms with E-state index in [4.69, 9.17) is 5.73 Å². The lowest BCUT2D eigenvalue weighted by Gasteiger charge is -2.24. The molecule has 1 amide bonds. The number of aliphatic hydroxyl groups is 1. The summed E-state index contributed by atoms with van der Waals surface area (Å²) in [5.74, 6) is -1.71. The zero-order valence-electron chi connectivity index (χ0n) is 10.2. The molecule has 0 saturated carbocycles. The fourth-order valence-corrected chi connectivity index (χ4v) is 0.933. The fraction of sp³-hybridized carbons (Fsp3) is 0.800. The fourth-order valence-electron chi connectivity index (χ4n) is 0.933. The van der Waals surface area contributed by atoms with Gasteiger partial charge in [-0.3, -0.25) is 9.68 Å². The molecular weight excluding hydrogens is 228 g/mol. The standard InChI is InChI=1S/C10H20N2O5/c1-3-5-6-16-17-9(14)10(15,4-2)12-8(13)7-11/h15H,3-7,11H2,1-2H3,(H,12,13). The van der Waals surface area contributed by atoms with Crippen molar-refractivity contribution in [3.05, 3.63) is 0 Å². The number of amides is 1. The monoisotopic (exact) mass is 248 g/mol. The Balaban J connectivity index is 4.22. The Morgan fingerprint density at radius 3 is 2.53 bits per heavy atom. The second-order valence-electron chi connectivity index (χ2n) is 3.51. The van der Waals surface area contributed by atoms with Gasteiger partial charge < -0.3 is 16.2 Å². The van der Waals surface area contributed by atoms with Gasteiger partial charge in [0, 0.05) is 6.42 Å². The van der Waals surface area contributed by atoms with Gasteiger partial charge in [-0.25, -0.2) is 4.79 Å². The zero-order valence-corrected chi connectivity index (χ0v) is 10.2. The first kappa shape index (κ1) is 15.8. The molecule has 0 aromatic heterocycles. The number of hydrogen-bond donors (Lipinski definition) is 3. The molecule has 0 bridgehead atoms. The van der Waals surface area contributed by atoms with Gasteiger partial charge in [0.1, 0.15) is 0 Å². The minimum Gasteiger partial charge on any atom is -0.362 e. The highest BCUT2D eigenvalue weighted by molar-refractivity contribution is 5.86. The Morgan fingerprint density at radius 2 is 2.06 bits per heavy atom. The molecule has 17 heavy (non-hydrogen) atoms. The Morgan fingerprint density at radius 1 is 1.41 bits per heavy atom. The van der Waals surface area contributed by atoms with Crippen LogP contribution in [0, 0.1) is 0 Å². The van der Waals surface area contributed by atoms with Gasteiger partial charge in [0.15, 0.2) is 0 Å². The SMILES string of the molecule is CCCCOOC(=O)C(O)(CC)NC(=O)CN. The van der Waals surface area contributed by atoms with Crippen LogP contribution in [0.2, 0.25) is 0 Å². The maximum absolute atomic E-state index is 11.5. The highest BCUT2D eigenvalue weighted by Gasteiger charge is 2.38. The van der Waals surface area contributed by atoms with Crippen LogP contribution in [0.1, 0.15) is 33.1 Å². The molecule has 7 heteroatoms. The third-order valence-corrected chi connectivity index (χ3v) is 2.10. The number of nitrogens with two attached hydrogens (primary N) is 1. The van der Waals surface area contributed by atoms with Gasteiger partial charge in [0.25, 0.3) is 0 Å². The van der Waals surface area contributed by atoms with Crippen molar-refractivity contribution in [2.24, 2.45) is 5.73 Å². The van der Waals surface area contributed by atoms with Crippen molar-refractivity contribution in [2.75, 3.05) is 13.2 Å². The molecule has 0 aliphatic heterocycles. The molecule has 0 saturated heterocycles. The third-order valence-electron chi connectivity index (χ3n) is 2.10. The Labute approximate surface area is 100 Å². The van der Waals surface area contributed by atoms with Crippen molar-refractivity contribution in [3.63, 3.8) is 0 Å². The molecule has 0 aromatic carbocycles. The largest absolute Gasteiger partial charge is 0.394 e. The molecule has 0 rings (SSSR count). The smallest absolute Gasteiger partial charge is 0.362 e. The van der Waals surface area contributed by atoms with Gasteiger partial charge in [0.05, 0.1) is 13.2 Å². The Hall–Kier alpha value is -1.18. The number of rotatable bonds is 8. The summed E-state index contributed by atoms with van der Waals surface area (Å²) >= 11 is 0. The highest BCUT2D eigenvalue weighted by atomic mass is 17.2. The minimum atomic E-state index is -2.09. The van der Waals surface area contributed by atoms with Crippen LogP contribution in [-0.2, 0) is 19.4 Å². The summed E-state index contributed by atoms with van der Waals surface area (Å²) in [6.45, 7) is 3.39. The zero-order chi connectivity index (χ0) is 13.3. The second kappa shape index (κ2) is 7.99. The van der Waals surface area contributed by atoms with Gasteiger partial charge in [-0.15, -0.1) is 0 Å². The number of nitrogens with one attached hydrogen (secondary N) is 1. The van der Waals surface area contributed by atoms with Crippen LogP contribution in [0.25, 0.3) is 0 Å².